The molecule has 1 unspecified atom stereocenters. The fraction of sp³-hybridized carbons (Fsp3) is 0.167. The third kappa shape index (κ3) is 5.92. The van der Waals surface area contributed by atoms with E-state index >= 15 is 0 Å². The number of rotatable bonds is 7. The molecule has 4 rings (SSSR count). The Balaban J connectivity index is 1.43. The van der Waals surface area contributed by atoms with E-state index in [1.807, 2.05) is 6.07 Å². The first-order chi connectivity index (χ1) is 17.1. The number of aromatic nitrogens is 4. The lowest BCUT2D eigenvalue weighted by molar-refractivity contribution is -0.137. The third-order valence-electron chi connectivity index (χ3n) is 5.10. The van der Waals surface area contributed by atoms with Gasteiger partial charge in [-0.3, -0.25) is 14.6 Å². The second-order valence-electron chi connectivity index (χ2n) is 7.77. The lowest BCUT2D eigenvalue weighted by Crippen LogP contribution is -2.12. The minimum absolute atomic E-state index is 0.0527. The molecule has 0 aliphatic carbocycles. The van der Waals surface area contributed by atoms with Gasteiger partial charge in [-0.25, -0.2) is 15.0 Å². The van der Waals surface area contributed by atoms with Gasteiger partial charge < -0.3 is 5.32 Å². The van der Waals surface area contributed by atoms with Gasteiger partial charge in [-0.15, -0.1) is 11.3 Å². The number of pyridine rings is 1. The zero-order valence-electron chi connectivity index (χ0n) is 18.6. The summed E-state index contributed by atoms with van der Waals surface area (Å²) in [6.07, 6.45) is 1.34. The first-order valence-electron chi connectivity index (χ1n) is 10.5. The van der Waals surface area contributed by atoms with Gasteiger partial charge in [0.15, 0.2) is 5.78 Å². The van der Waals surface area contributed by atoms with Crippen LogP contribution in [0.1, 0.15) is 50.0 Å². The number of carbonyl (C=O) groups excluding carboxylic acids is 2. The summed E-state index contributed by atoms with van der Waals surface area (Å²) in [5.74, 6) is -1.17. The molecule has 12 heteroatoms. The van der Waals surface area contributed by atoms with Crippen molar-refractivity contribution < 1.29 is 22.8 Å². The van der Waals surface area contributed by atoms with E-state index in [-0.39, 0.29) is 34.4 Å². The Bertz CT molecular complexity index is 1410. The predicted molar refractivity (Wildman–Crippen MR) is 129 cm³/mol. The number of nitrogens with one attached hydrogen (secondary N) is 1. The van der Waals surface area contributed by atoms with Crippen LogP contribution in [0.2, 0.25) is 5.02 Å². The Morgan fingerprint density at radius 2 is 1.92 bits per heavy atom. The number of nitrogens with zero attached hydrogens (tertiary/aromatic N) is 4. The molecule has 36 heavy (non-hydrogen) atoms. The summed E-state index contributed by atoms with van der Waals surface area (Å²) in [7, 11) is 0. The summed E-state index contributed by atoms with van der Waals surface area (Å²) in [6, 6.07) is 8.29. The van der Waals surface area contributed by atoms with Crippen molar-refractivity contribution in [3.05, 3.63) is 87.5 Å². The lowest BCUT2D eigenvalue weighted by Gasteiger charge is -2.11. The number of ketones is 1. The molecule has 1 N–H and O–H groups in total. The minimum Gasteiger partial charge on any atom is -0.321 e. The van der Waals surface area contributed by atoms with Gasteiger partial charge in [0.1, 0.15) is 16.9 Å². The molecular formula is C24H17ClF3N5O2S. The number of hydrogen-bond acceptors (Lipinski definition) is 7. The maximum Gasteiger partial charge on any atom is 0.417 e. The molecule has 4 aromatic rings. The van der Waals surface area contributed by atoms with E-state index < -0.39 is 22.7 Å². The summed E-state index contributed by atoms with van der Waals surface area (Å²) in [5.41, 5.74) is 0.464. The zero-order chi connectivity index (χ0) is 25.9. The van der Waals surface area contributed by atoms with E-state index in [9.17, 15) is 22.8 Å². The average Bonchev–Trinajstić information content (AvgIpc) is 3.36. The highest BCUT2D eigenvalue weighted by Crippen LogP contribution is 2.36. The highest BCUT2D eigenvalue weighted by atomic mass is 35.5. The van der Waals surface area contributed by atoms with Gasteiger partial charge in [0.2, 0.25) is 0 Å². The molecule has 0 spiro atoms. The van der Waals surface area contributed by atoms with Gasteiger partial charge in [0.25, 0.3) is 5.91 Å². The largest absolute Gasteiger partial charge is 0.417 e. The van der Waals surface area contributed by atoms with Gasteiger partial charge in [-0.2, -0.15) is 13.2 Å². The van der Waals surface area contributed by atoms with Crippen molar-refractivity contribution in [2.75, 3.05) is 5.32 Å². The Hall–Kier alpha value is -3.70. The van der Waals surface area contributed by atoms with Crippen molar-refractivity contribution >= 4 is 40.3 Å². The SMILES string of the molecule is CC(CC(=O)c1cc(-c2cccnc2)ncn1)c1ncc(C(=O)Nc2ccc(Cl)c(C(F)(F)F)c2)s1. The predicted octanol–water partition coefficient (Wildman–Crippen LogP) is 6.30. The quantitative estimate of drug-likeness (QED) is 0.281. The van der Waals surface area contributed by atoms with Crippen LogP contribution in [-0.2, 0) is 6.18 Å². The fourth-order valence-corrected chi connectivity index (χ4v) is 4.37. The standard InChI is InChI=1S/C24H17ClF3N5O2S/c1-13(7-20(34)19-9-18(31-12-32-19)14-3-2-6-29-10-14)23-30-11-21(36-23)22(35)33-15-4-5-17(25)16(8-15)24(26,27)28/h2-6,8-13H,7H2,1H3,(H,33,35). The first kappa shape index (κ1) is 25.4. The Morgan fingerprint density at radius 3 is 2.64 bits per heavy atom. The fourth-order valence-electron chi connectivity index (χ4n) is 3.29. The number of benzene rings is 1. The summed E-state index contributed by atoms with van der Waals surface area (Å²) in [4.78, 5) is 42.1. The zero-order valence-corrected chi connectivity index (χ0v) is 20.2. The van der Waals surface area contributed by atoms with E-state index in [2.05, 4.69) is 25.3 Å². The first-order valence-corrected chi connectivity index (χ1v) is 11.7. The maximum absolute atomic E-state index is 13.1. The summed E-state index contributed by atoms with van der Waals surface area (Å²) >= 11 is 6.67. The molecule has 184 valence electrons. The second kappa shape index (κ2) is 10.5. The third-order valence-corrected chi connectivity index (χ3v) is 6.66. The van der Waals surface area contributed by atoms with Crippen LogP contribution >= 0.6 is 22.9 Å². The molecule has 0 bridgehead atoms. The van der Waals surface area contributed by atoms with Crippen molar-refractivity contribution in [2.24, 2.45) is 0 Å². The highest BCUT2D eigenvalue weighted by Gasteiger charge is 2.33. The number of hydrogen-bond donors (Lipinski definition) is 1. The number of anilines is 1. The van der Waals surface area contributed by atoms with Crippen LogP contribution in [0, 0.1) is 0 Å². The molecule has 0 fully saturated rings. The van der Waals surface area contributed by atoms with Gasteiger partial charge in [0, 0.05) is 36.0 Å². The van der Waals surface area contributed by atoms with Gasteiger partial charge in [-0.05, 0) is 36.4 Å². The maximum atomic E-state index is 13.1. The molecule has 3 aromatic heterocycles. The van der Waals surface area contributed by atoms with Crippen LogP contribution in [0.15, 0.2) is 61.3 Å². The van der Waals surface area contributed by atoms with Crippen LogP contribution < -0.4 is 5.32 Å². The van der Waals surface area contributed by atoms with E-state index in [0.717, 1.165) is 29.0 Å². The van der Waals surface area contributed by atoms with Crippen LogP contribution in [0.4, 0.5) is 18.9 Å². The monoisotopic (exact) mass is 531 g/mol. The second-order valence-corrected chi connectivity index (χ2v) is 9.24. The normalized spacial score (nSPS) is 12.2. The Morgan fingerprint density at radius 1 is 1.11 bits per heavy atom. The summed E-state index contributed by atoms with van der Waals surface area (Å²) in [5, 5.41) is 2.49. The summed E-state index contributed by atoms with van der Waals surface area (Å²) in [6.45, 7) is 1.79. The molecule has 0 aliphatic heterocycles. The van der Waals surface area contributed by atoms with Crippen LogP contribution in [0.5, 0.6) is 0 Å². The lowest BCUT2D eigenvalue weighted by atomic mass is 10.0. The number of amides is 1. The molecule has 3 heterocycles. The molecule has 0 saturated carbocycles. The number of halogens is 4. The van der Waals surface area contributed by atoms with Crippen molar-refractivity contribution in [1.29, 1.82) is 0 Å². The Labute approximate surface area is 212 Å². The Kier molecular flexibility index (Phi) is 7.41. The van der Waals surface area contributed by atoms with E-state index in [4.69, 9.17) is 11.6 Å². The van der Waals surface area contributed by atoms with Crippen LogP contribution in [0.25, 0.3) is 11.3 Å². The van der Waals surface area contributed by atoms with Crippen molar-refractivity contribution in [3.8, 4) is 11.3 Å². The number of thiazole rings is 1. The van der Waals surface area contributed by atoms with Gasteiger partial charge in [0.05, 0.1) is 27.5 Å². The van der Waals surface area contributed by atoms with Crippen LogP contribution in [0.3, 0.4) is 0 Å². The van der Waals surface area contributed by atoms with Crippen molar-refractivity contribution in [1.82, 2.24) is 19.9 Å². The molecule has 0 saturated heterocycles. The smallest absolute Gasteiger partial charge is 0.321 e. The molecule has 1 atom stereocenters. The molecule has 1 amide bonds. The van der Waals surface area contributed by atoms with Crippen molar-refractivity contribution in [3.63, 3.8) is 0 Å². The van der Waals surface area contributed by atoms with E-state index in [0.29, 0.717) is 10.7 Å². The molecule has 0 aliphatic rings. The van der Waals surface area contributed by atoms with Gasteiger partial charge >= 0.3 is 6.18 Å². The molecule has 1 aromatic carbocycles. The topological polar surface area (TPSA) is 97.7 Å². The van der Waals surface area contributed by atoms with Crippen molar-refractivity contribution in [2.45, 2.75) is 25.4 Å². The molecule has 7 nitrogen and oxygen atoms in total. The van der Waals surface area contributed by atoms with E-state index in [1.165, 1.54) is 18.6 Å². The highest BCUT2D eigenvalue weighted by molar-refractivity contribution is 7.13. The summed E-state index contributed by atoms with van der Waals surface area (Å²) < 4.78 is 39.2. The average molecular weight is 532 g/mol. The number of carbonyl (C=O) groups is 2. The minimum atomic E-state index is -4.65. The number of Topliss-reactive ketones (excluding diaryl/α,β-unsaturated/α-hetero) is 1. The van der Waals surface area contributed by atoms with Gasteiger partial charge in [-0.1, -0.05) is 18.5 Å². The molecular weight excluding hydrogens is 515 g/mol. The van der Waals surface area contributed by atoms with E-state index in [1.54, 1.807) is 31.5 Å². The number of alkyl halides is 3. The molecule has 0 radical (unpaired) electrons. The van der Waals surface area contributed by atoms with Crippen LogP contribution in [-0.4, -0.2) is 31.6 Å².